The van der Waals surface area contributed by atoms with Crippen LogP contribution in [0.5, 0.6) is 0 Å². The van der Waals surface area contributed by atoms with Crippen molar-refractivity contribution in [3.05, 3.63) is 22.6 Å². The lowest BCUT2D eigenvalue weighted by molar-refractivity contribution is -0.146. The van der Waals surface area contributed by atoms with E-state index in [1.807, 2.05) is 0 Å². The highest BCUT2D eigenvalue weighted by molar-refractivity contribution is 9.10. The number of furan rings is 1. The third-order valence-corrected chi connectivity index (χ3v) is 2.47. The van der Waals surface area contributed by atoms with E-state index in [-0.39, 0.29) is 13.0 Å². The SMILES string of the molecule is O=C(NCC[C@H](O)C(=O)O)c1ccoc1Br. The van der Waals surface area contributed by atoms with Crippen LogP contribution in [0.3, 0.4) is 0 Å². The topological polar surface area (TPSA) is 99.8 Å². The number of carbonyl (C=O) groups is 2. The lowest BCUT2D eigenvalue weighted by Gasteiger charge is -2.06. The molecule has 1 atom stereocenters. The summed E-state index contributed by atoms with van der Waals surface area (Å²) in [6.07, 6.45) is -0.158. The summed E-state index contributed by atoms with van der Waals surface area (Å²) in [4.78, 5) is 21.7. The number of carboxylic acid groups (broad SMARTS) is 1. The molecule has 0 saturated carbocycles. The smallest absolute Gasteiger partial charge is 0.332 e. The Morgan fingerprint density at radius 3 is 2.75 bits per heavy atom. The average Bonchev–Trinajstić information content (AvgIpc) is 2.64. The van der Waals surface area contributed by atoms with Crippen molar-refractivity contribution in [2.24, 2.45) is 0 Å². The highest BCUT2D eigenvalue weighted by Gasteiger charge is 2.15. The number of carboxylic acids is 1. The van der Waals surface area contributed by atoms with E-state index in [1.165, 1.54) is 12.3 Å². The predicted octanol–water partition coefficient (Wildman–Crippen LogP) is 0.607. The van der Waals surface area contributed by atoms with Crippen molar-refractivity contribution in [3.8, 4) is 0 Å². The van der Waals surface area contributed by atoms with Crippen molar-refractivity contribution in [3.63, 3.8) is 0 Å². The van der Waals surface area contributed by atoms with Crippen LogP contribution in [0.1, 0.15) is 16.8 Å². The van der Waals surface area contributed by atoms with Gasteiger partial charge in [-0.25, -0.2) is 4.79 Å². The molecule has 0 aromatic carbocycles. The summed E-state index contributed by atoms with van der Waals surface area (Å²) in [5.41, 5.74) is 0.324. The Labute approximate surface area is 99.4 Å². The van der Waals surface area contributed by atoms with Crippen molar-refractivity contribution in [1.82, 2.24) is 5.32 Å². The second-order valence-corrected chi connectivity index (χ2v) is 3.73. The molecule has 6 nitrogen and oxygen atoms in total. The second kappa shape index (κ2) is 5.66. The first-order chi connectivity index (χ1) is 7.52. The number of aliphatic hydroxyl groups excluding tert-OH is 1. The Balaban J connectivity index is 2.37. The Hall–Kier alpha value is -1.34. The highest BCUT2D eigenvalue weighted by atomic mass is 79.9. The normalized spacial score (nSPS) is 12.1. The van der Waals surface area contributed by atoms with Crippen LogP contribution in [0.15, 0.2) is 21.4 Å². The molecule has 0 bridgehead atoms. The molecule has 0 saturated heterocycles. The summed E-state index contributed by atoms with van der Waals surface area (Å²) >= 11 is 3.04. The van der Waals surface area contributed by atoms with E-state index in [9.17, 15) is 9.59 Å². The van der Waals surface area contributed by atoms with Crippen LogP contribution in [0.2, 0.25) is 0 Å². The zero-order valence-corrected chi connectivity index (χ0v) is 9.73. The van der Waals surface area contributed by atoms with Gasteiger partial charge in [0.05, 0.1) is 11.8 Å². The molecule has 1 heterocycles. The molecule has 16 heavy (non-hydrogen) atoms. The largest absolute Gasteiger partial charge is 0.479 e. The molecule has 3 N–H and O–H groups in total. The van der Waals surface area contributed by atoms with Crippen LogP contribution >= 0.6 is 15.9 Å². The van der Waals surface area contributed by atoms with Gasteiger partial charge >= 0.3 is 5.97 Å². The zero-order valence-electron chi connectivity index (χ0n) is 8.14. The molecule has 1 amide bonds. The van der Waals surface area contributed by atoms with Gasteiger partial charge in [-0.3, -0.25) is 4.79 Å². The van der Waals surface area contributed by atoms with Crippen molar-refractivity contribution in [2.75, 3.05) is 6.54 Å². The molecule has 1 aromatic rings. The van der Waals surface area contributed by atoms with Crippen molar-refractivity contribution < 1.29 is 24.2 Å². The Morgan fingerprint density at radius 1 is 1.56 bits per heavy atom. The zero-order chi connectivity index (χ0) is 12.1. The van der Waals surface area contributed by atoms with Gasteiger partial charge in [0.2, 0.25) is 0 Å². The van der Waals surface area contributed by atoms with Crippen LogP contribution in [0, 0.1) is 0 Å². The van der Waals surface area contributed by atoms with Crippen LogP contribution in [-0.2, 0) is 4.79 Å². The molecule has 1 rings (SSSR count). The fraction of sp³-hybridized carbons (Fsp3) is 0.333. The van der Waals surface area contributed by atoms with Gasteiger partial charge in [0.1, 0.15) is 0 Å². The quantitative estimate of drug-likeness (QED) is 0.738. The molecule has 0 radical (unpaired) electrons. The van der Waals surface area contributed by atoms with E-state index in [1.54, 1.807) is 0 Å². The molecule has 1 aromatic heterocycles. The number of hydrogen-bond acceptors (Lipinski definition) is 4. The van der Waals surface area contributed by atoms with Gasteiger partial charge in [0, 0.05) is 13.0 Å². The molecule has 0 fully saturated rings. The van der Waals surface area contributed by atoms with Gasteiger partial charge in [0.25, 0.3) is 5.91 Å². The standard InChI is InChI=1S/C9H10BrNO5/c10-7-5(2-4-16-7)8(13)11-3-1-6(12)9(14)15/h2,4,6,12H,1,3H2,(H,11,13)(H,14,15)/t6-/m0/s1. The van der Waals surface area contributed by atoms with Gasteiger partial charge in [-0.1, -0.05) is 0 Å². The summed E-state index contributed by atoms with van der Waals surface area (Å²) in [6.45, 7) is 0.0733. The first kappa shape index (κ1) is 12.7. The summed E-state index contributed by atoms with van der Waals surface area (Å²) in [6, 6.07) is 1.48. The van der Waals surface area contributed by atoms with E-state index in [0.29, 0.717) is 10.2 Å². The van der Waals surface area contributed by atoms with Crippen molar-refractivity contribution >= 4 is 27.8 Å². The van der Waals surface area contributed by atoms with Crippen LogP contribution in [-0.4, -0.2) is 34.7 Å². The van der Waals surface area contributed by atoms with Crippen LogP contribution < -0.4 is 5.32 Å². The third kappa shape index (κ3) is 3.35. The van der Waals surface area contributed by atoms with E-state index >= 15 is 0 Å². The number of nitrogens with one attached hydrogen (secondary N) is 1. The first-order valence-electron chi connectivity index (χ1n) is 4.44. The van der Waals surface area contributed by atoms with Crippen molar-refractivity contribution in [1.29, 1.82) is 0 Å². The summed E-state index contributed by atoms with van der Waals surface area (Å²) in [5, 5.41) is 19.8. The Kier molecular flexibility index (Phi) is 4.51. The summed E-state index contributed by atoms with van der Waals surface area (Å²) < 4.78 is 5.17. The van der Waals surface area contributed by atoms with Crippen LogP contribution in [0.25, 0.3) is 0 Å². The molecule has 0 spiro atoms. The number of carbonyl (C=O) groups excluding carboxylic acids is 1. The minimum Gasteiger partial charge on any atom is -0.479 e. The van der Waals surface area contributed by atoms with Gasteiger partial charge in [-0.2, -0.15) is 0 Å². The van der Waals surface area contributed by atoms with Crippen molar-refractivity contribution in [2.45, 2.75) is 12.5 Å². The fourth-order valence-electron chi connectivity index (χ4n) is 0.997. The van der Waals surface area contributed by atoms with E-state index < -0.39 is 18.0 Å². The van der Waals surface area contributed by atoms with Gasteiger partial charge in [-0.15, -0.1) is 0 Å². The monoisotopic (exact) mass is 291 g/mol. The number of amides is 1. The summed E-state index contributed by atoms with van der Waals surface area (Å²) in [7, 11) is 0. The first-order valence-corrected chi connectivity index (χ1v) is 5.23. The maximum absolute atomic E-state index is 11.4. The molecular weight excluding hydrogens is 282 g/mol. The number of rotatable bonds is 5. The van der Waals surface area contributed by atoms with E-state index in [2.05, 4.69) is 21.2 Å². The number of hydrogen-bond donors (Lipinski definition) is 3. The number of aliphatic hydroxyl groups is 1. The van der Waals surface area contributed by atoms with E-state index in [0.717, 1.165) is 0 Å². The minimum atomic E-state index is -1.46. The number of halogens is 1. The van der Waals surface area contributed by atoms with Crippen LogP contribution in [0.4, 0.5) is 0 Å². The lowest BCUT2D eigenvalue weighted by Crippen LogP contribution is -2.29. The molecule has 88 valence electrons. The fourth-order valence-corrected chi connectivity index (χ4v) is 1.42. The molecular formula is C9H10BrNO5. The van der Waals surface area contributed by atoms with E-state index in [4.69, 9.17) is 14.6 Å². The maximum atomic E-state index is 11.4. The molecule has 0 aliphatic heterocycles. The molecule has 7 heteroatoms. The highest BCUT2D eigenvalue weighted by Crippen LogP contribution is 2.16. The molecule has 0 unspecified atom stereocenters. The van der Waals surface area contributed by atoms with Gasteiger partial charge in [0.15, 0.2) is 10.8 Å². The van der Waals surface area contributed by atoms with Gasteiger partial charge in [-0.05, 0) is 22.0 Å². The maximum Gasteiger partial charge on any atom is 0.332 e. The Bertz CT molecular complexity index is 389. The minimum absolute atomic E-state index is 0.0451. The predicted molar refractivity (Wildman–Crippen MR) is 57.0 cm³/mol. The third-order valence-electron chi connectivity index (χ3n) is 1.85. The molecule has 0 aliphatic carbocycles. The number of aliphatic carboxylic acids is 1. The average molecular weight is 292 g/mol. The summed E-state index contributed by atoms with van der Waals surface area (Å²) in [5.74, 6) is -1.70. The second-order valence-electron chi connectivity index (χ2n) is 3.01. The van der Waals surface area contributed by atoms with Gasteiger partial charge < -0.3 is 19.9 Å². The Morgan fingerprint density at radius 2 is 2.25 bits per heavy atom. The molecule has 0 aliphatic rings. The lowest BCUT2D eigenvalue weighted by atomic mass is 10.2.